The minimum absolute atomic E-state index is 0.616. The van der Waals surface area contributed by atoms with E-state index in [0.29, 0.717) is 17.2 Å². The summed E-state index contributed by atoms with van der Waals surface area (Å²) in [7, 11) is 2.08. The van der Waals surface area contributed by atoms with Crippen LogP contribution in [0.4, 0.5) is 17.3 Å². The summed E-state index contributed by atoms with van der Waals surface area (Å²) in [5.41, 5.74) is 4.36. The number of hydrogen-bond donors (Lipinski definition) is 1. The molecule has 156 valence electrons. The van der Waals surface area contributed by atoms with Crippen molar-refractivity contribution >= 4 is 17.3 Å². The Bertz CT molecular complexity index is 1150. The van der Waals surface area contributed by atoms with E-state index in [1.165, 1.54) is 0 Å². The lowest BCUT2D eigenvalue weighted by atomic mass is 10.1. The van der Waals surface area contributed by atoms with Crippen molar-refractivity contribution in [3.8, 4) is 17.3 Å². The van der Waals surface area contributed by atoms with Crippen molar-refractivity contribution in [1.82, 2.24) is 15.0 Å². The molecule has 31 heavy (non-hydrogen) atoms. The van der Waals surface area contributed by atoms with Gasteiger partial charge in [-0.05, 0) is 37.1 Å². The van der Waals surface area contributed by atoms with Crippen LogP contribution >= 0.6 is 0 Å². The summed E-state index contributed by atoms with van der Waals surface area (Å²) >= 11 is 0. The largest absolute Gasteiger partial charge is 0.372 e. The van der Waals surface area contributed by atoms with Gasteiger partial charge < -0.3 is 15.1 Å². The molecule has 3 aromatic rings. The van der Waals surface area contributed by atoms with Crippen molar-refractivity contribution < 1.29 is 0 Å². The van der Waals surface area contributed by atoms with Crippen LogP contribution in [0.2, 0.25) is 0 Å². The van der Waals surface area contributed by atoms with Crippen molar-refractivity contribution in [3.05, 3.63) is 72.4 Å². The van der Waals surface area contributed by atoms with Gasteiger partial charge in [-0.2, -0.15) is 5.26 Å². The molecule has 0 spiro atoms. The molecule has 0 bridgehead atoms. The second kappa shape index (κ2) is 8.84. The molecule has 0 unspecified atom stereocenters. The number of pyridine rings is 1. The summed E-state index contributed by atoms with van der Waals surface area (Å²) in [6, 6.07) is 15.7. The molecular weight excluding hydrogens is 386 g/mol. The second-order valence-corrected chi connectivity index (χ2v) is 7.48. The predicted molar refractivity (Wildman–Crippen MR) is 124 cm³/mol. The molecule has 1 N–H and O–H groups in total. The van der Waals surface area contributed by atoms with Crippen LogP contribution in [0.3, 0.4) is 0 Å². The summed E-state index contributed by atoms with van der Waals surface area (Å²) in [5, 5.41) is 12.6. The first-order valence-electron chi connectivity index (χ1n) is 10.4. The molecule has 0 amide bonds. The Hall–Kier alpha value is -3.92. The van der Waals surface area contributed by atoms with E-state index in [2.05, 4.69) is 57.8 Å². The van der Waals surface area contributed by atoms with Crippen molar-refractivity contribution in [3.63, 3.8) is 0 Å². The van der Waals surface area contributed by atoms with Gasteiger partial charge in [0.25, 0.3) is 0 Å². The number of aryl methyl sites for hydroxylation is 1. The molecule has 0 atom stereocenters. The molecular formula is C24H25N7. The maximum Gasteiger partial charge on any atom is 0.158 e. The maximum atomic E-state index is 9.25. The maximum absolute atomic E-state index is 9.25. The number of aromatic nitrogens is 3. The Morgan fingerprint density at radius 2 is 2.06 bits per heavy atom. The van der Waals surface area contributed by atoms with Crippen LogP contribution in [0.15, 0.2) is 61.2 Å². The molecule has 2 aromatic heterocycles. The number of nitrogens with zero attached hydrogens (tertiary/aromatic N) is 6. The molecule has 0 radical (unpaired) electrons. The zero-order valence-electron chi connectivity index (χ0n) is 17.8. The summed E-state index contributed by atoms with van der Waals surface area (Å²) in [4.78, 5) is 17.9. The molecule has 1 aliphatic rings. The highest BCUT2D eigenvalue weighted by Crippen LogP contribution is 2.34. The average molecular weight is 412 g/mol. The number of nitriles is 1. The Morgan fingerprint density at radius 3 is 2.87 bits per heavy atom. The summed E-state index contributed by atoms with van der Waals surface area (Å²) < 4.78 is 0. The van der Waals surface area contributed by atoms with Gasteiger partial charge in [-0.1, -0.05) is 25.6 Å². The van der Waals surface area contributed by atoms with E-state index in [9.17, 15) is 5.26 Å². The fourth-order valence-corrected chi connectivity index (χ4v) is 3.68. The normalized spacial score (nSPS) is 13.2. The zero-order valence-corrected chi connectivity index (χ0v) is 17.8. The number of anilines is 3. The average Bonchev–Trinajstić information content (AvgIpc) is 2.97. The third-order valence-electron chi connectivity index (χ3n) is 5.37. The lowest BCUT2D eigenvalue weighted by Crippen LogP contribution is -2.28. The molecule has 4 rings (SSSR count). The Kier molecular flexibility index (Phi) is 5.80. The highest BCUT2D eigenvalue weighted by atomic mass is 15.3. The van der Waals surface area contributed by atoms with E-state index in [-0.39, 0.29) is 0 Å². The van der Waals surface area contributed by atoms with Gasteiger partial charge in [0.1, 0.15) is 18.0 Å². The van der Waals surface area contributed by atoms with Crippen LogP contribution in [0, 0.1) is 11.3 Å². The number of nitrogens with one attached hydrogen (secondary N) is 1. The second-order valence-electron chi connectivity index (χ2n) is 7.48. The van der Waals surface area contributed by atoms with E-state index in [1.54, 1.807) is 12.4 Å². The lowest BCUT2D eigenvalue weighted by molar-refractivity contribution is 0.789. The summed E-state index contributed by atoms with van der Waals surface area (Å²) in [6.45, 7) is 8.05. The third-order valence-corrected chi connectivity index (χ3v) is 5.37. The summed E-state index contributed by atoms with van der Waals surface area (Å²) in [5.74, 6) is 2.27. The zero-order chi connectivity index (χ0) is 21.8. The predicted octanol–water partition coefficient (Wildman–Crippen LogP) is 4.20. The first-order valence-corrected chi connectivity index (χ1v) is 10.4. The van der Waals surface area contributed by atoms with Gasteiger partial charge in [0.05, 0.1) is 23.0 Å². The van der Waals surface area contributed by atoms with Crippen molar-refractivity contribution in [2.24, 2.45) is 0 Å². The summed E-state index contributed by atoms with van der Waals surface area (Å²) in [6.07, 6.45) is 3.38. The topological polar surface area (TPSA) is 81.0 Å². The quantitative estimate of drug-likeness (QED) is 0.674. The van der Waals surface area contributed by atoms with Crippen molar-refractivity contribution in [2.45, 2.75) is 19.8 Å². The number of hydrogen-bond acceptors (Lipinski definition) is 7. The number of benzene rings is 1. The number of fused-ring (bicyclic) bond motifs is 1. The third kappa shape index (κ3) is 4.33. The standard InChI is InChI=1S/C24H25N7/c1-4-20-14-23(27-16-26-20)28-17(2)31-12-6-11-30(3)22-10-9-21(29-24(22)31)19-8-5-7-18(13-19)15-25/h5,7-10,13-14,16H,2,4,6,11-12H2,1,3H3,(H,26,27,28). The smallest absolute Gasteiger partial charge is 0.158 e. The highest BCUT2D eigenvalue weighted by Gasteiger charge is 2.23. The van der Waals surface area contributed by atoms with Crippen LogP contribution in [0.1, 0.15) is 24.6 Å². The first-order chi connectivity index (χ1) is 15.1. The van der Waals surface area contributed by atoms with Gasteiger partial charge in [0.2, 0.25) is 0 Å². The van der Waals surface area contributed by atoms with Crippen molar-refractivity contribution in [2.75, 3.05) is 35.3 Å². The Labute approximate surface area is 182 Å². The van der Waals surface area contributed by atoms with E-state index >= 15 is 0 Å². The fourth-order valence-electron chi connectivity index (χ4n) is 3.68. The van der Waals surface area contributed by atoms with Gasteiger partial charge >= 0.3 is 0 Å². The van der Waals surface area contributed by atoms with Crippen LogP contribution in [0.25, 0.3) is 11.3 Å². The van der Waals surface area contributed by atoms with E-state index in [0.717, 1.165) is 54.4 Å². The minimum Gasteiger partial charge on any atom is -0.372 e. The molecule has 3 heterocycles. The van der Waals surface area contributed by atoms with Gasteiger partial charge in [0, 0.05) is 37.5 Å². The molecule has 0 saturated carbocycles. The van der Waals surface area contributed by atoms with Crippen LogP contribution in [0.5, 0.6) is 0 Å². The molecule has 0 saturated heterocycles. The Morgan fingerprint density at radius 1 is 1.19 bits per heavy atom. The van der Waals surface area contributed by atoms with Gasteiger partial charge in [-0.25, -0.2) is 15.0 Å². The number of rotatable bonds is 5. The minimum atomic E-state index is 0.616. The molecule has 7 nitrogen and oxygen atoms in total. The van der Waals surface area contributed by atoms with Crippen molar-refractivity contribution in [1.29, 1.82) is 5.26 Å². The molecule has 0 fully saturated rings. The Balaban J connectivity index is 1.70. The van der Waals surface area contributed by atoms with E-state index in [4.69, 9.17) is 4.98 Å². The van der Waals surface area contributed by atoms with Crippen LogP contribution < -0.4 is 15.1 Å². The fraction of sp³-hybridized carbons (Fsp3) is 0.250. The van der Waals surface area contributed by atoms with Gasteiger partial charge in [-0.15, -0.1) is 0 Å². The SMILES string of the molecule is C=C(Nc1cc(CC)ncn1)N1CCCN(C)c2ccc(-c3cccc(C#N)c3)nc21. The first kappa shape index (κ1) is 20.4. The monoisotopic (exact) mass is 411 g/mol. The van der Waals surface area contributed by atoms with E-state index < -0.39 is 0 Å². The van der Waals surface area contributed by atoms with Crippen LogP contribution in [-0.4, -0.2) is 35.1 Å². The van der Waals surface area contributed by atoms with Crippen LogP contribution in [-0.2, 0) is 6.42 Å². The molecule has 7 heteroatoms. The van der Waals surface area contributed by atoms with Gasteiger partial charge in [-0.3, -0.25) is 0 Å². The molecule has 0 aliphatic carbocycles. The highest BCUT2D eigenvalue weighted by molar-refractivity contribution is 5.75. The van der Waals surface area contributed by atoms with Gasteiger partial charge in [0.15, 0.2) is 5.82 Å². The molecule has 1 aliphatic heterocycles. The molecule has 1 aromatic carbocycles. The van der Waals surface area contributed by atoms with E-state index in [1.807, 2.05) is 30.3 Å². The lowest BCUT2D eigenvalue weighted by Gasteiger charge is -2.27.